The van der Waals surface area contributed by atoms with Crippen LogP contribution in [0, 0.1) is 6.92 Å². The van der Waals surface area contributed by atoms with Crippen LogP contribution in [0.15, 0.2) is 57.7 Å². The van der Waals surface area contributed by atoms with Gasteiger partial charge in [-0.25, -0.2) is 0 Å². The highest BCUT2D eigenvalue weighted by Crippen LogP contribution is 2.45. The van der Waals surface area contributed by atoms with Crippen molar-refractivity contribution in [1.29, 1.82) is 0 Å². The summed E-state index contributed by atoms with van der Waals surface area (Å²) >= 11 is 6.04. The second kappa shape index (κ2) is 5.53. The fourth-order valence-corrected chi connectivity index (χ4v) is 3.22. The van der Waals surface area contributed by atoms with Crippen LogP contribution in [0.25, 0.3) is 33.4 Å². The second-order valence-electron chi connectivity index (χ2n) is 5.86. The average molecular weight is 353 g/mol. The summed E-state index contributed by atoms with van der Waals surface area (Å²) in [4.78, 5) is 11.9. The smallest absolute Gasteiger partial charge is 0.200 e. The molecule has 1 aliphatic heterocycles. The second-order valence-corrected chi connectivity index (χ2v) is 6.27. The summed E-state index contributed by atoms with van der Waals surface area (Å²) < 4.78 is 5.90. The van der Waals surface area contributed by atoms with Crippen LogP contribution >= 0.6 is 11.6 Å². The van der Waals surface area contributed by atoms with Gasteiger partial charge < -0.3 is 14.6 Å². The molecule has 0 spiro atoms. The first-order valence-corrected chi connectivity index (χ1v) is 8.02. The van der Waals surface area contributed by atoms with Crippen LogP contribution in [0.1, 0.15) is 5.56 Å². The zero-order valence-corrected chi connectivity index (χ0v) is 14.0. The standard InChI is InChI=1S/C20H13ClO4/c1-10-15(22)7-6-12-19(11-4-2-3-5-16(11)23)13-8-14(21)17(24)9-18(13)25-20(10)12/h2-9,22-23H,1H3. The molecule has 0 radical (unpaired) electrons. The molecule has 0 aromatic heterocycles. The summed E-state index contributed by atoms with van der Waals surface area (Å²) in [6.07, 6.45) is 0. The molecule has 0 unspecified atom stereocenters. The predicted octanol–water partition coefficient (Wildman–Crippen LogP) is 4.94. The summed E-state index contributed by atoms with van der Waals surface area (Å²) in [7, 11) is 0. The average Bonchev–Trinajstić information content (AvgIpc) is 2.59. The number of hydrogen-bond donors (Lipinski definition) is 2. The molecule has 25 heavy (non-hydrogen) atoms. The molecule has 0 saturated heterocycles. The lowest BCUT2D eigenvalue weighted by Crippen LogP contribution is -2.02. The van der Waals surface area contributed by atoms with Crippen molar-refractivity contribution in [3.05, 3.63) is 69.3 Å². The molecular formula is C20H13ClO4. The van der Waals surface area contributed by atoms with Gasteiger partial charge in [-0.05, 0) is 31.2 Å². The van der Waals surface area contributed by atoms with Gasteiger partial charge in [0.05, 0.1) is 5.02 Å². The topological polar surface area (TPSA) is 70.7 Å². The number of benzene rings is 3. The van der Waals surface area contributed by atoms with Gasteiger partial charge in [-0.1, -0.05) is 29.8 Å². The minimum atomic E-state index is -0.349. The third-order valence-corrected chi connectivity index (χ3v) is 4.63. The van der Waals surface area contributed by atoms with Crippen LogP contribution in [0.5, 0.6) is 11.5 Å². The first-order chi connectivity index (χ1) is 12.0. The van der Waals surface area contributed by atoms with Crippen molar-refractivity contribution >= 4 is 22.6 Å². The molecule has 0 amide bonds. The Hall–Kier alpha value is -2.98. The van der Waals surface area contributed by atoms with Crippen LogP contribution in [-0.4, -0.2) is 10.2 Å². The van der Waals surface area contributed by atoms with Crippen LogP contribution in [0.3, 0.4) is 0 Å². The van der Waals surface area contributed by atoms with E-state index in [1.165, 1.54) is 6.07 Å². The lowest BCUT2D eigenvalue weighted by molar-refractivity contribution is 0.470. The highest BCUT2D eigenvalue weighted by atomic mass is 35.5. The summed E-state index contributed by atoms with van der Waals surface area (Å²) in [6.45, 7) is 1.73. The Morgan fingerprint density at radius 3 is 2.48 bits per heavy atom. The minimum absolute atomic E-state index is 0.0780. The van der Waals surface area contributed by atoms with Crippen molar-refractivity contribution in [2.45, 2.75) is 6.92 Å². The number of halogens is 1. The lowest BCUT2D eigenvalue weighted by atomic mass is 9.92. The Labute approximate surface area is 147 Å². The Morgan fingerprint density at radius 2 is 1.72 bits per heavy atom. The normalized spacial score (nSPS) is 11.3. The number of fused-ring (bicyclic) bond motifs is 2. The van der Waals surface area contributed by atoms with Gasteiger partial charge in [0.25, 0.3) is 0 Å². The van der Waals surface area contributed by atoms with Crippen LogP contribution < -0.4 is 5.43 Å². The molecule has 0 saturated carbocycles. The van der Waals surface area contributed by atoms with Gasteiger partial charge in [-0.3, -0.25) is 4.79 Å². The molecule has 4 rings (SSSR count). The van der Waals surface area contributed by atoms with Crippen LogP contribution in [0.4, 0.5) is 0 Å². The SMILES string of the molecule is Cc1c(O)ccc2c(-c3ccccc3O)c3cc(Cl)c(=O)cc-3oc12. The van der Waals surface area contributed by atoms with E-state index < -0.39 is 0 Å². The molecule has 1 heterocycles. The molecule has 2 aliphatic rings. The van der Waals surface area contributed by atoms with E-state index >= 15 is 0 Å². The molecule has 5 heteroatoms. The largest absolute Gasteiger partial charge is 0.508 e. The Kier molecular flexibility index (Phi) is 3.44. The Balaban J connectivity index is 2.28. The minimum Gasteiger partial charge on any atom is -0.508 e. The van der Waals surface area contributed by atoms with Crippen molar-refractivity contribution in [2.24, 2.45) is 0 Å². The molecule has 2 aromatic rings. The van der Waals surface area contributed by atoms with E-state index in [9.17, 15) is 15.0 Å². The maximum absolute atomic E-state index is 11.9. The molecule has 0 atom stereocenters. The number of phenols is 2. The number of phenolic OH excluding ortho intramolecular Hbond substituents is 2. The van der Waals surface area contributed by atoms with Gasteiger partial charge in [-0.2, -0.15) is 0 Å². The monoisotopic (exact) mass is 352 g/mol. The highest BCUT2D eigenvalue weighted by Gasteiger charge is 2.22. The molecule has 2 N–H and O–H groups in total. The zero-order chi connectivity index (χ0) is 17.7. The van der Waals surface area contributed by atoms with E-state index in [2.05, 4.69) is 0 Å². The fourth-order valence-electron chi connectivity index (χ4n) is 3.05. The van der Waals surface area contributed by atoms with E-state index in [0.717, 1.165) is 0 Å². The van der Waals surface area contributed by atoms with Gasteiger partial charge in [-0.15, -0.1) is 0 Å². The molecule has 1 aliphatic carbocycles. The maximum Gasteiger partial charge on any atom is 0.200 e. The first-order valence-electron chi connectivity index (χ1n) is 7.64. The number of para-hydroxylation sites is 1. The number of aromatic hydroxyl groups is 2. The fraction of sp³-hybridized carbons (Fsp3) is 0.0500. The Bertz CT molecular complexity index is 1160. The molecular weight excluding hydrogens is 340 g/mol. The number of rotatable bonds is 1. The highest BCUT2D eigenvalue weighted by molar-refractivity contribution is 6.31. The van der Waals surface area contributed by atoms with Gasteiger partial charge in [0.1, 0.15) is 22.8 Å². The van der Waals surface area contributed by atoms with E-state index in [1.54, 1.807) is 43.3 Å². The molecule has 4 nitrogen and oxygen atoms in total. The van der Waals surface area contributed by atoms with Gasteiger partial charge in [0.2, 0.25) is 5.43 Å². The van der Waals surface area contributed by atoms with E-state index in [-0.39, 0.29) is 22.0 Å². The lowest BCUT2D eigenvalue weighted by Gasteiger charge is -2.17. The van der Waals surface area contributed by atoms with Crippen molar-refractivity contribution in [3.8, 4) is 33.9 Å². The quantitative estimate of drug-likeness (QED) is 0.476. The zero-order valence-electron chi connectivity index (χ0n) is 13.2. The van der Waals surface area contributed by atoms with E-state index in [4.69, 9.17) is 16.0 Å². The van der Waals surface area contributed by atoms with Crippen LogP contribution in [0.2, 0.25) is 5.02 Å². The molecule has 0 fully saturated rings. The summed E-state index contributed by atoms with van der Waals surface area (Å²) in [5.74, 6) is 0.536. The van der Waals surface area contributed by atoms with Crippen molar-refractivity contribution in [2.75, 3.05) is 0 Å². The van der Waals surface area contributed by atoms with Crippen molar-refractivity contribution in [3.63, 3.8) is 0 Å². The first kappa shape index (κ1) is 15.5. The number of hydrogen-bond acceptors (Lipinski definition) is 4. The van der Waals surface area contributed by atoms with Crippen molar-refractivity contribution in [1.82, 2.24) is 0 Å². The summed E-state index contributed by atoms with van der Waals surface area (Å²) in [5, 5.41) is 21.2. The Morgan fingerprint density at radius 1 is 0.960 bits per heavy atom. The molecule has 0 bridgehead atoms. The summed E-state index contributed by atoms with van der Waals surface area (Å²) in [6, 6.07) is 13.1. The maximum atomic E-state index is 11.9. The van der Waals surface area contributed by atoms with Gasteiger partial charge in [0, 0.05) is 33.7 Å². The molecule has 2 aromatic carbocycles. The third-order valence-electron chi connectivity index (χ3n) is 4.34. The van der Waals surface area contributed by atoms with Crippen LogP contribution in [-0.2, 0) is 0 Å². The predicted molar refractivity (Wildman–Crippen MR) is 97.6 cm³/mol. The third kappa shape index (κ3) is 2.34. The van der Waals surface area contributed by atoms with E-state index in [0.29, 0.717) is 39.0 Å². The van der Waals surface area contributed by atoms with Gasteiger partial charge in [0.15, 0.2) is 0 Å². The van der Waals surface area contributed by atoms with E-state index in [1.807, 2.05) is 6.07 Å². The number of aryl methyl sites for hydroxylation is 1. The summed E-state index contributed by atoms with van der Waals surface area (Å²) in [5.41, 5.74) is 2.56. The van der Waals surface area contributed by atoms with Gasteiger partial charge >= 0.3 is 0 Å². The van der Waals surface area contributed by atoms with Crippen molar-refractivity contribution < 1.29 is 14.6 Å². The molecule has 124 valence electrons.